The lowest BCUT2D eigenvalue weighted by Gasteiger charge is -2.05. The molecule has 1 aromatic heterocycles. The Morgan fingerprint density at radius 2 is 2.19 bits per heavy atom. The number of carbonyl (C=O) groups is 1. The van der Waals surface area contributed by atoms with Crippen LogP contribution < -0.4 is 0 Å². The Balaban J connectivity index is 2.43. The molecule has 0 aliphatic carbocycles. The molecule has 1 heterocycles. The summed E-state index contributed by atoms with van der Waals surface area (Å²) in [4.78, 5) is 10.7. The van der Waals surface area contributed by atoms with Crippen molar-refractivity contribution in [3.63, 3.8) is 0 Å². The summed E-state index contributed by atoms with van der Waals surface area (Å²) in [6.07, 6.45) is 1.89. The van der Waals surface area contributed by atoms with E-state index in [9.17, 15) is 4.79 Å². The molecule has 2 rings (SSSR count). The van der Waals surface area contributed by atoms with Crippen molar-refractivity contribution < 1.29 is 9.90 Å². The second-order valence-electron chi connectivity index (χ2n) is 3.86. The molecule has 0 spiro atoms. The summed E-state index contributed by atoms with van der Waals surface area (Å²) in [7, 11) is 0. The fourth-order valence-electron chi connectivity index (χ4n) is 1.79. The highest BCUT2D eigenvalue weighted by Gasteiger charge is 2.07. The zero-order chi connectivity index (χ0) is 11.7. The van der Waals surface area contributed by atoms with Crippen LogP contribution in [0.1, 0.15) is 5.56 Å². The van der Waals surface area contributed by atoms with Crippen LogP contribution in [0.5, 0.6) is 0 Å². The number of aliphatic carboxylic acids is 1. The van der Waals surface area contributed by atoms with Gasteiger partial charge >= 0.3 is 5.97 Å². The first-order valence-electron chi connectivity index (χ1n) is 5.05. The summed E-state index contributed by atoms with van der Waals surface area (Å²) in [5, 5.41) is 9.95. The highest BCUT2D eigenvalue weighted by atomic mass is 16.4. The lowest BCUT2D eigenvalue weighted by atomic mass is 10.1. The summed E-state index contributed by atoms with van der Waals surface area (Å²) in [6, 6.07) is 7.99. The fourth-order valence-corrected chi connectivity index (χ4v) is 1.79. The maximum Gasteiger partial charge on any atom is 0.332 e. The molecule has 0 aliphatic rings. The number of carboxylic acid groups (broad SMARTS) is 1. The summed E-state index contributed by atoms with van der Waals surface area (Å²) in [5.41, 5.74) is 2.43. The van der Waals surface area contributed by atoms with E-state index in [0.29, 0.717) is 6.54 Å². The van der Waals surface area contributed by atoms with E-state index in [1.54, 1.807) is 0 Å². The van der Waals surface area contributed by atoms with Crippen LogP contribution in [0.3, 0.4) is 0 Å². The van der Waals surface area contributed by atoms with Crippen LogP contribution in [0.2, 0.25) is 0 Å². The largest absolute Gasteiger partial charge is 0.478 e. The Labute approximate surface area is 93.6 Å². The third-order valence-electron chi connectivity index (χ3n) is 2.70. The van der Waals surface area contributed by atoms with E-state index in [1.165, 1.54) is 5.56 Å². The molecule has 0 unspecified atom stereocenters. The Hall–Kier alpha value is -2.03. The van der Waals surface area contributed by atoms with Gasteiger partial charge in [-0.25, -0.2) is 4.79 Å². The van der Waals surface area contributed by atoms with E-state index in [2.05, 4.69) is 6.58 Å². The maximum absolute atomic E-state index is 10.7. The molecular weight excluding hydrogens is 202 g/mol. The number of rotatable bonds is 3. The second-order valence-corrected chi connectivity index (χ2v) is 3.86. The Bertz CT molecular complexity index is 566. The highest BCUT2D eigenvalue weighted by Crippen LogP contribution is 2.20. The zero-order valence-electron chi connectivity index (χ0n) is 9.10. The maximum atomic E-state index is 10.7. The number of aryl methyl sites for hydroxylation is 1. The van der Waals surface area contributed by atoms with Gasteiger partial charge < -0.3 is 9.67 Å². The van der Waals surface area contributed by atoms with E-state index in [0.717, 1.165) is 10.9 Å². The minimum absolute atomic E-state index is 0.194. The number of hydrogen-bond donors (Lipinski definition) is 1. The molecule has 0 fully saturated rings. The van der Waals surface area contributed by atoms with Gasteiger partial charge in [0.15, 0.2) is 0 Å². The third-order valence-corrected chi connectivity index (χ3v) is 2.70. The molecule has 3 nitrogen and oxygen atoms in total. The lowest BCUT2D eigenvalue weighted by Crippen LogP contribution is -2.07. The second kappa shape index (κ2) is 3.85. The van der Waals surface area contributed by atoms with E-state index < -0.39 is 5.97 Å². The van der Waals surface area contributed by atoms with E-state index >= 15 is 0 Å². The minimum atomic E-state index is -0.950. The smallest absolute Gasteiger partial charge is 0.332 e. The SMILES string of the molecule is C=C(Cn1ccc2c(C)cccc21)C(=O)O. The Kier molecular flexibility index (Phi) is 2.52. The van der Waals surface area contributed by atoms with Crippen LogP contribution in [0.15, 0.2) is 42.6 Å². The highest BCUT2D eigenvalue weighted by molar-refractivity contribution is 5.87. The molecular formula is C13H13NO2. The average molecular weight is 215 g/mol. The van der Waals surface area contributed by atoms with Gasteiger partial charge in [-0.3, -0.25) is 0 Å². The summed E-state index contributed by atoms with van der Waals surface area (Å²) < 4.78 is 1.90. The molecule has 1 aromatic carbocycles. The van der Waals surface area contributed by atoms with Gasteiger partial charge in [0.25, 0.3) is 0 Å². The molecule has 3 heteroatoms. The van der Waals surface area contributed by atoms with Crippen LogP contribution in [-0.4, -0.2) is 15.6 Å². The van der Waals surface area contributed by atoms with Crippen molar-refractivity contribution in [2.45, 2.75) is 13.5 Å². The van der Waals surface area contributed by atoms with Gasteiger partial charge in [-0.05, 0) is 24.6 Å². The molecule has 0 aliphatic heterocycles. The number of aromatic nitrogens is 1. The first kappa shape index (κ1) is 10.5. The summed E-state index contributed by atoms with van der Waals surface area (Å²) in [5.74, 6) is -0.950. The molecule has 0 saturated heterocycles. The minimum Gasteiger partial charge on any atom is -0.478 e. The van der Waals surface area contributed by atoms with Gasteiger partial charge in [-0.15, -0.1) is 0 Å². The van der Waals surface area contributed by atoms with Gasteiger partial charge in [0.1, 0.15) is 0 Å². The quantitative estimate of drug-likeness (QED) is 0.799. The molecule has 0 saturated carbocycles. The van der Waals surface area contributed by atoms with E-state index in [-0.39, 0.29) is 5.57 Å². The van der Waals surface area contributed by atoms with Crippen LogP contribution in [0.25, 0.3) is 10.9 Å². The van der Waals surface area contributed by atoms with Crippen molar-refractivity contribution in [2.24, 2.45) is 0 Å². The van der Waals surface area contributed by atoms with Crippen LogP contribution in [0, 0.1) is 6.92 Å². The molecule has 0 amide bonds. The Morgan fingerprint density at radius 1 is 1.44 bits per heavy atom. The predicted molar refractivity (Wildman–Crippen MR) is 63.5 cm³/mol. The number of carboxylic acids is 1. The van der Waals surface area contributed by atoms with E-state index in [1.807, 2.05) is 42.0 Å². The first-order chi connectivity index (χ1) is 7.59. The molecule has 1 N–H and O–H groups in total. The van der Waals surface area contributed by atoms with Crippen molar-refractivity contribution in [1.82, 2.24) is 4.57 Å². The molecule has 0 atom stereocenters. The standard InChI is InChI=1S/C13H13NO2/c1-9-4-3-5-12-11(9)6-7-14(12)8-10(2)13(15)16/h3-7H,2,8H2,1H3,(H,15,16). The van der Waals surface area contributed by atoms with Gasteiger partial charge in [-0.1, -0.05) is 18.7 Å². The molecule has 2 aromatic rings. The first-order valence-corrected chi connectivity index (χ1v) is 5.05. The zero-order valence-corrected chi connectivity index (χ0v) is 9.10. The van der Waals surface area contributed by atoms with Crippen LogP contribution in [-0.2, 0) is 11.3 Å². The number of hydrogen-bond acceptors (Lipinski definition) is 1. The average Bonchev–Trinajstić information content (AvgIpc) is 2.63. The van der Waals surface area contributed by atoms with Gasteiger partial charge in [0.2, 0.25) is 0 Å². The van der Waals surface area contributed by atoms with Gasteiger partial charge in [0, 0.05) is 22.7 Å². The number of fused-ring (bicyclic) bond motifs is 1. The molecule has 82 valence electrons. The third kappa shape index (κ3) is 1.72. The summed E-state index contributed by atoms with van der Waals surface area (Å²) in [6.45, 7) is 5.90. The lowest BCUT2D eigenvalue weighted by molar-refractivity contribution is -0.132. The predicted octanol–water partition coefficient (Wildman–Crippen LogP) is 2.59. The van der Waals surface area contributed by atoms with Gasteiger partial charge in [-0.2, -0.15) is 0 Å². The van der Waals surface area contributed by atoms with Crippen molar-refractivity contribution >= 4 is 16.9 Å². The molecule has 16 heavy (non-hydrogen) atoms. The molecule has 0 radical (unpaired) electrons. The summed E-state index contributed by atoms with van der Waals surface area (Å²) >= 11 is 0. The number of nitrogens with zero attached hydrogens (tertiary/aromatic N) is 1. The fraction of sp³-hybridized carbons (Fsp3) is 0.154. The van der Waals surface area contributed by atoms with Crippen molar-refractivity contribution in [3.05, 3.63) is 48.2 Å². The monoisotopic (exact) mass is 215 g/mol. The van der Waals surface area contributed by atoms with Crippen LogP contribution >= 0.6 is 0 Å². The molecule has 0 bridgehead atoms. The Morgan fingerprint density at radius 3 is 2.88 bits per heavy atom. The van der Waals surface area contributed by atoms with E-state index in [4.69, 9.17) is 5.11 Å². The van der Waals surface area contributed by atoms with Crippen molar-refractivity contribution in [1.29, 1.82) is 0 Å². The number of benzene rings is 1. The van der Waals surface area contributed by atoms with Gasteiger partial charge in [0.05, 0.1) is 6.54 Å². The topological polar surface area (TPSA) is 42.2 Å². The van der Waals surface area contributed by atoms with Crippen molar-refractivity contribution in [2.75, 3.05) is 0 Å². The van der Waals surface area contributed by atoms with Crippen molar-refractivity contribution in [3.8, 4) is 0 Å². The van der Waals surface area contributed by atoms with Crippen LogP contribution in [0.4, 0.5) is 0 Å². The normalized spacial score (nSPS) is 10.6.